The van der Waals surface area contributed by atoms with Crippen LogP contribution in [0, 0.1) is 6.92 Å². The van der Waals surface area contributed by atoms with Crippen LogP contribution in [0.25, 0.3) is 11.0 Å². The van der Waals surface area contributed by atoms with Gasteiger partial charge in [0.15, 0.2) is 11.6 Å². The molecule has 0 fully saturated rings. The molecule has 0 bridgehead atoms. The number of ether oxygens (including phenoxy) is 1. The third-order valence-electron chi connectivity index (χ3n) is 3.58. The summed E-state index contributed by atoms with van der Waals surface area (Å²) in [5, 5.41) is 9.55. The number of aromatic nitrogens is 3. The van der Waals surface area contributed by atoms with Crippen LogP contribution < -0.4 is 11.2 Å². The standard InChI is InChI=1S/C14H23N5O2.2C2H6/c1-4-10(5-6-21-3)18-19-11(8-20)17-12-13(19)9(2)7-16-14(12)15;2*1-2/h7,10,18,20H,4-6,8H2,1-3H3,(H2,15,16);2*1-2H3. The number of anilines is 1. The molecule has 0 aliphatic heterocycles. The Balaban J connectivity index is 0.00000134. The molecule has 144 valence electrons. The molecule has 1 unspecified atom stereocenters. The molecule has 2 aromatic heterocycles. The highest BCUT2D eigenvalue weighted by Crippen LogP contribution is 2.23. The lowest BCUT2D eigenvalue weighted by Crippen LogP contribution is -2.30. The smallest absolute Gasteiger partial charge is 0.154 e. The monoisotopic (exact) mass is 353 g/mol. The van der Waals surface area contributed by atoms with Gasteiger partial charge in [-0.1, -0.05) is 34.6 Å². The van der Waals surface area contributed by atoms with Crippen molar-refractivity contribution in [1.29, 1.82) is 0 Å². The van der Waals surface area contributed by atoms with Crippen LogP contribution in [-0.4, -0.2) is 39.5 Å². The van der Waals surface area contributed by atoms with Crippen LogP contribution in [0.3, 0.4) is 0 Å². The molecule has 1 atom stereocenters. The molecule has 0 saturated carbocycles. The topological polar surface area (TPSA) is 98.2 Å². The van der Waals surface area contributed by atoms with Crippen LogP contribution in [0.1, 0.15) is 58.8 Å². The highest BCUT2D eigenvalue weighted by atomic mass is 16.5. The lowest BCUT2D eigenvalue weighted by molar-refractivity contribution is 0.187. The molecule has 0 aliphatic carbocycles. The second-order valence-electron chi connectivity index (χ2n) is 5.06. The van der Waals surface area contributed by atoms with Crippen molar-refractivity contribution in [3.8, 4) is 0 Å². The van der Waals surface area contributed by atoms with Crippen molar-refractivity contribution in [2.45, 2.75) is 67.0 Å². The molecule has 0 spiro atoms. The molecule has 7 nitrogen and oxygen atoms in total. The number of hydrogen-bond acceptors (Lipinski definition) is 6. The van der Waals surface area contributed by atoms with Crippen molar-refractivity contribution < 1.29 is 9.84 Å². The van der Waals surface area contributed by atoms with Crippen molar-refractivity contribution in [3.05, 3.63) is 17.6 Å². The van der Waals surface area contributed by atoms with E-state index in [1.165, 1.54) is 0 Å². The Bertz CT molecular complexity index is 613. The maximum Gasteiger partial charge on any atom is 0.154 e. The van der Waals surface area contributed by atoms with Gasteiger partial charge in [0.1, 0.15) is 12.1 Å². The number of fused-ring (bicyclic) bond motifs is 1. The van der Waals surface area contributed by atoms with Crippen LogP contribution in [0.15, 0.2) is 6.20 Å². The summed E-state index contributed by atoms with van der Waals surface area (Å²) in [4.78, 5) is 8.51. The van der Waals surface area contributed by atoms with Gasteiger partial charge in [-0.3, -0.25) is 0 Å². The highest BCUT2D eigenvalue weighted by Gasteiger charge is 2.17. The van der Waals surface area contributed by atoms with E-state index in [0.29, 0.717) is 23.8 Å². The molecule has 2 heterocycles. The van der Waals surface area contributed by atoms with Crippen LogP contribution in [0.5, 0.6) is 0 Å². The zero-order valence-corrected chi connectivity index (χ0v) is 16.8. The van der Waals surface area contributed by atoms with Gasteiger partial charge < -0.3 is 21.0 Å². The summed E-state index contributed by atoms with van der Waals surface area (Å²) in [6.07, 6.45) is 3.53. The molecular weight excluding hydrogens is 318 g/mol. The number of hydrogen-bond donors (Lipinski definition) is 3. The number of pyridine rings is 1. The Kier molecular flexibility index (Phi) is 11.6. The molecule has 0 saturated heterocycles. The molecule has 7 heteroatoms. The third-order valence-corrected chi connectivity index (χ3v) is 3.58. The molecule has 0 aliphatic rings. The second kappa shape index (κ2) is 12.5. The number of nitrogens with zero attached hydrogens (tertiary/aromatic N) is 3. The summed E-state index contributed by atoms with van der Waals surface area (Å²) in [5.74, 6) is 0.902. The number of rotatable bonds is 7. The summed E-state index contributed by atoms with van der Waals surface area (Å²) in [6, 6.07) is 0.224. The molecule has 0 radical (unpaired) electrons. The van der Waals surface area contributed by atoms with Crippen molar-refractivity contribution in [1.82, 2.24) is 14.6 Å². The molecule has 4 N–H and O–H groups in total. The van der Waals surface area contributed by atoms with Gasteiger partial charge in [-0.15, -0.1) is 0 Å². The largest absolute Gasteiger partial charge is 0.388 e. The number of aliphatic hydroxyl groups excluding tert-OH is 1. The minimum absolute atomic E-state index is 0.165. The molecule has 0 aromatic carbocycles. The van der Waals surface area contributed by atoms with E-state index in [9.17, 15) is 5.11 Å². The van der Waals surface area contributed by atoms with Gasteiger partial charge in [0.05, 0.1) is 5.52 Å². The average molecular weight is 354 g/mol. The van der Waals surface area contributed by atoms with Crippen LogP contribution >= 0.6 is 0 Å². The van der Waals surface area contributed by atoms with E-state index in [1.54, 1.807) is 13.3 Å². The fourth-order valence-corrected chi connectivity index (χ4v) is 2.35. The van der Waals surface area contributed by atoms with Crippen LogP contribution in [0.4, 0.5) is 5.82 Å². The van der Waals surface area contributed by atoms with Gasteiger partial charge in [0, 0.05) is 26.0 Å². The quantitative estimate of drug-likeness (QED) is 0.707. The minimum Gasteiger partial charge on any atom is -0.388 e. The van der Waals surface area contributed by atoms with E-state index in [-0.39, 0.29) is 12.6 Å². The Morgan fingerprint density at radius 2 is 1.96 bits per heavy atom. The summed E-state index contributed by atoms with van der Waals surface area (Å²) >= 11 is 0. The summed E-state index contributed by atoms with van der Waals surface area (Å²) < 4.78 is 6.96. The molecule has 0 amide bonds. The molecular formula is C18H35N5O2. The summed E-state index contributed by atoms with van der Waals surface area (Å²) in [6.45, 7) is 12.6. The van der Waals surface area contributed by atoms with Crippen molar-refractivity contribution in [3.63, 3.8) is 0 Å². The van der Waals surface area contributed by atoms with Crippen molar-refractivity contribution in [2.24, 2.45) is 0 Å². The Labute approximate surface area is 151 Å². The maximum atomic E-state index is 9.55. The molecule has 25 heavy (non-hydrogen) atoms. The van der Waals surface area contributed by atoms with Gasteiger partial charge in [-0.05, 0) is 25.3 Å². The van der Waals surface area contributed by atoms with Crippen LogP contribution in [-0.2, 0) is 11.3 Å². The van der Waals surface area contributed by atoms with E-state index in [2.05, 4.69) is 22.3 Å². The Morgan fingerprint density at radius 1 is 1.32 bits per heavy atom. The number of imidazole rings is 1. The fraction of sp³-hybridized carbons (Fsp3) is 0.667. The van der Waals surface area contributed by atoms with E-state index in [4.69, 9.17) is 10.5 Å². The molecule has 2 aromatic rings. The average Bonchev–Trinajstić information content (AvgIpc) is 3.04. The zero-order chi connectivity index (χ0) is 19.4. The number of nitrogen functional groups attached to an aromatic ring is 1. The Hall–Kier alpha value is -1.86. The lowest BCUT2D eigenvalue weighted by Gasteiger charge is -2.21. The maximum absolute atomic E-state index is 9.55. The van der Waals surface area contributed by atoms with E-state index >= 15 is 0 Å². The minimum atomic E-state index is -0.165. The lowest BCUT2D eigenvalue weighted by atomic mass is 10.2. The zero-order valence-electron chi connectivity index (χ0n) is 16.8. The van der Waals surface area contributed by atoms with Gasteiger partial charge in [-0.25, -0.2) is 14.6 Å². The number of methoxy groups -OCH3 is 1. The van der Waals surface area contributed by atoms with E-state index < -0.39 is 0 Å². The SMILES string of the molecule is CC.CC.CCC(CCOC)Nn1c(CO)nc2c(N)ncc(C)c21. The first kappa shape index (κ1) is 23.1. The normalized spacial score (nSPS) is 11.2. The number of nitrogens with one attached hydrogen (secondary N) is 1. The number of nitrogens with two attached hydrogens (primary N) is 1. The number of aryl methyl sites for hydroxylation is 1. The first-order chi connectivity index (χ1) is 12.1. The predicted octanol–water partition coefficient (Wildman–Crippen LogP) is 3.23. The first-order valence-electron chi connectivity index (χ1n) is 9.11. The third kappa shape index (κ3) is 5.86. The second-order valence-corrected chi connectivity index (χ2v) is 5.06. The fourth-order valence-electron chi connectivity index (χ4n) is 2.35. The summed E-state index contributed by atoms with van der Waals surface area (Å²) in [5.41, 5.74) is 11.7. The van der Waals surface area contributed by atoms with Crippen LogP contribution in [0.2, 0.25) is 0 Å². The molecule has 2 rings (SSSR count). The van der Waals surface area contributed by atoms with E-state index in [1.807, 2.05) is 39.3 Å². The predicted molar refractivity (Wildman–Crippen MR) is 105 cm³/mol. The van der Waals surface area contributed by atoms with E-state index in [0.717, 1.165) is 23.9 Å². The number of aliphatic hydroxyl groups is 1. The summed E-state index contributed by atoms with van der Waals surface area (Å²) in [7, 11) is 1.69. The van der Waals surface area contributed by atoms with Gasteiger partial charge in [0.25, 0.3) is 0 Å². The van der Waals surface area contributed by atoms with Crippen molar-refractivity contribution in [2.75, 3.05) is 24.9 Å². The first-order valence-corrected chi connectivity index (χ1v) is 9.11. The highest BCUT2D eigenvalue weighted by molar-refractivity contribution is 5.87. The van der Waals surface area contributed by atoms with Gasteiger partial charge in [-0.2, -0.15) is 0 Å². The Morgan fingerprint density at radius 3 is 2.48 bits per heavy atom. The van der Waals surface area contributed by atoms with Gasteiger partial charge >= 0.3 is 0 Å². The van der Waals surface area contributed by atoms with Crippen molar-refractivity contribution >= 4 is 16.9 Å². The van der Waals surface area contributed by atoms with Gasteiger partial charge in [0.2, 0.25) is 0 Å².